The second-order valence-corrected chi connectivity index (χ2v) is 4.25. The smallest absolute Gasteiger partial charge is 0.337 e. The number of aromatic nitrogens is 3. The minimum Gasteiger partial charge on any atom is -0.478 e. The van der Waals surface area contributed by atoms with Crippen molar-refractivity contribution in [2.75, 3.05) is 11.9 Å². The van der Waals surface area contributed by atoms with Crippen LogP contribution in [0.2, 0.25) is 0 Å². The van der Waals surface area contributed by atoms with E-state index in [2.05, 4.69) is 15.6 Å². The van der Waals surface area contributed by atoms with Crippen molar-refractivity contribution in [1.29, 1.82) is 0 Å². The van der Waals surface area contributed by atoms with Crippen molar-refractivity contribution in [2.45, 2.75) is 19.9 Å². The number of para-hydroxylation sites is 1. The summed E-state index contributed by atoms with van der Waals surface area (Å²) in [6.07, 6.45) is 4.28. The molecule has 1 aromatic carbocycles. The third kappa shape index (κ3) is 3.31. The Balaban J connectivity index is 1.93. The van der Waals surface area contributed by atoms with Crippen molar-refractivity contribution in [2.24, 2.45) is 0 Å². The molecule has 19 heavy (non-hydrogen) atoms. The van der Waals surface area contributed by atoms with Gasteiger partial charge in [0.15, 0.2) is 0 Å². The van der Waals surface area contributed by atoms with Gasteiger partial charge < -0.3 is 10.4 Å². The van der Waals surface area contributed by atoms with Crippen LogP contribution in [-0.2, 0) is 6.54 Å². The molecular weight excluding hydrogens is 244 g/mol. The second kappa shape index (κ2) is 5.99. The number of aryl methyl sites for hydroxylation is 2. The summed E-state index contributed by atoms with van der Waals surface area (Å²) in [6.45, 7) is 3.33. The van der Waals surface area contributed by atoms with Crippen molar-refractivity contribution in [3.63, 3.8) is 0 Å². The van der Waals surface area contributed by atoms with E-state index in [0.29, 0.717) is 17.8 Å². The molecule has 100 valence electrons. The van der Waals surface area contributed by atoms with E-state index in [1.165, 1.54) is 0 Å². The molecule has 6 nitrogen and oxygen atoms in total. The molecule has 0 bridgehead atoms. The van der Waals surface area contributed by atoms with Crippen molar-refractivity contribution < 1.29 is 9.90 Å². The minimum atomic E-state index is -0.914. The fraction of sp³-hybridized carbons (Fsp3) is 0.308. The quantitative estimate of drug-likeness (QED) is 0.774. The lowest BCUT2D eigenvalue weighted by Gasteiger charge is -2.12. The first-order chi connectivity index (χ1) is 9.18. The van der Waals surface area contributed by atoms with Gasteiger partial charge in [-0.05, 0) is 25.0 Å². The van der Waals surface area contributed by atoms with Gasteiger partial charge in [0, 0.05) is 19.3 Å². The van der Waals surface area contributed by atoms with Crippen molar-refractivity contribution >= 4 is 11.7 Å². The Morgan fingerprint density at radius 3 is 3.00 bits per heavy atom. The van der Waals surface area contributed by atoms with Gasteiger partial charge in [-0.2, -0.15) is 0 Å². The van der Waals surface area contributed by atoms with Crippen LogP contribution >= 0.6 is 0 Å². The molecule has 0 amide bonds. The van der Waals surface area contributed by atoms with Gasteiger partial charge in [0.2, 0.25) is 0 Å². The van der Waals surface area contributed by atoms with Crippen LogP contribution in [-0.4, -0.2) is 32.6 Å². The van der Waals surface area contributed by atoms with Crippen molar-refractivity contribution in [3.05, 3.63) is 41.7 Å². The molecule has 2 aromatic rings. The number of carbonyl (C=O) groups is 1. The summed E-state index contributed by atoms with van der Waals surface area (Å²) in [4.78, 5) is 11.1. The zero-order valence-electron chi connectivity index (χ0n) is 10.7. The molecule has 0 aliphatic rings. The zero-order chi connectivity index (χ0) is 13.7. The highest BCUT2D eigenvalue weighted by molar-refractivity contribution is 5.95. The predicted molar refractivity (Wildman–Crippen MR) is 71.3 cm³/mol. The van der Waals surface area contributed by atoms with Gasteiger partial charge in [-0.25, -0.2) is 4.79 Å². The number of carboxylic acid groups (broad SMARTS) is 1. The first-order valence-corrected chi connectivity index (χ1v) is 6.09. The lowest BCUT2D eigenvalue weighted by molar-refractivity contribution is 0.0698. The van der Waals surface area contributed by atoms with E-state index in [4.69, 9.17) is 5.11 Å². The van der Waals surface area contributed by atoms with Crippen LogP contribution in [0, 0.1) is 6.92 Å². The van der Waals surface area contributed by atoms with Crippen LogP contribution in [0.15, 0.2) is 30.6 Å². The highest BCUT2D eigenvalue weighted by atomic mass is 16.4. The van der Waals surface area contributed by atoms with Crippen LogP contribution in [0.25, 0.3) is 0 Å². The Labute approximate surface area is 111 Å². The fourth-order valence-electron chi connectivity index (χ4n) is 1.89. The average molecular weight is 260 g/mol. The van der Waals surface area contributed by atoms with Gasteiger partial charge in [0.05, 0.1) is 17.4 Å². The van der Waals surface area contributed by atoms with Crippen molar-refractivity contribution in [1.82, 2.24) is 15.0 Å². The molecule has 2 rings (SSSR count). The number of nitrogens with zero attached hydrogens (tertiary/aromatic N) is 3. The molecule has 0 atom stereocenters. The second-order valence-electron chi connectivity index (χ2n) is 4.25. The van der Waals surface area contributed by atoms with Gasteiger partial charge >= 0.3 is 5.97 Å². The van der Waals surface area contributed by atoms with E-state index in [1.807, 2.05) is 13.0 Å². The number of anilines is 1. The van der Waals surface area contributed by atoms with Crippen LogP contribution in [0.5, 0.6) is 0 Å². The molecule has 1 aromatic heterocycles. The number of benzene rings is 1. The molecular formula is C13H16N4O2. The summed E-state index contributed by atoms with van der Waals surface area (Å²) in [5.41, 5.74) is 1.93. The van der Waals surface area contributed by atoms with E-state index in [-0.39, 0.29) is 0 Å². The molecule has 0 fully saturated rings. The lowest BCUT2D eigenvalue weighted by atomic mass is 10.1. The first kappa shape index (κ1) is 13.1. The monoisotopic (exact) mass is 260 g/mol. The Bertz CT molecular complexity index is 552. The van der Waals surface area contributed by atoms with E-state index in [1.54, 1.807) is 29.2 Å². The largest absolute Gasteiger partial charge is 0.478 e. The molecule has 0 aliphatic carbocycles. The summed E-state index contributed by atoms with van der Waals surface area (Å²) in [7, 11) is 0. The summed E-state index contributed by atoms with van der Waals surface area (Å²) in [5, 5.41) is 19.9. The predicted octanol–water partition coefficient (Wildman–Crippen LogP) is 1.79. The number of carboxylic acids is 1. The molecule has 0 saturated carbocycles. The lowest BCUT2D eigenvalue weighted by Crippen LogP contribution is -2.11. The Hall–Kier alpha value is -2.37. The summed E-state index contributed by atoms with van der Waals surface area (Å²) < 4.78 is 1.75. The normalized spacial score (nSPS) is 10.4. The highest BCUT2D eigenvalue weighted by Gasteiger charge is 2.10. The number of hydrogen-bond donors (Lipinski definition) is 2. The number of nitrogens with one attached hydrogen (secondary N) is 1. The third-order valence-electron chi connectivity index (χ3n) is 2.84. The Kier molecular flexibility index (Phi) is 4.12. The van der Waals surface area contributed by atoms with Crippen molar-refractivity contribution in [3.8, 4) is 0 Å². The molecule has 1 heterocycles. The molecule has 0 aliphatic heterocycles. The van der Waals surface area contributed by atoms with Gasteiger partial charge in [-0.15, -0.1) is 5.10 Å². The minimum absolute atomic E-state index is 0.306. The highest BCUT2D eigenvalue weighted by Crippen LogP contribution is 2.20. The maximum atomic E-state index is 11.1. The zero-order valence-corrected chi connectivity index (χ0v) is 10.7. The standard InChI is InChI=1S/C13H16N4O2/c1-10-4-2-5-11(13(18)19)12(10)14-6-3-8-17-9-7-15-16-17/h2,4-5,7,9,14H,3,6,8H2,1H3,(H,18,19). The maximum Gasteiger partial charge on any atom is 0.337 e. The summed E-state index contributed by atoms with van der Waals surface area (Å²) in [6, 6.07) is 5.25. The van der Waals surface area contributed by atoms with Gasteiger partial charge in [0.25, 0.3) is 0 Å². The molecule has 6 heteroatoms. The molecule has 0 radical (unpaired) electrons. The van der Waals surface area contributed by atoms with E-state index >= 15 is 0 Å². The van der Waals surface area contributed by atoms with E-state index in [9.17, 15) is 4.79 Å². The maximum absolute atomic E-state index is 11.1. The van der Waals surface area contributed by atoms with Crippen LogP contribution in [0.1, 0.15) is 22.3 Å². The summed E-state index contributed by atoms with van der Waals surface area (Å²) >= 11 is 0. The van der Waals surface area contributed by atoms with E-state index < -0.39 is 5.97 Å². The van der Waals surface area contributed by atoms with Gasteiger partial charge in [0.1, 0.15) is 0 Å². The number of hydrogen-bond acceptors (Lipinski definition) is 4. The molecule has 0 spiro atoms. The van der Waals surface area contributed by atoms with Gasteiger partial charge in [-0.1, -0.05) is 17.3 Å². The fourth-order valence-corrected chi connectivity index (χ4v) is 1.89. The molecule has 0 saturated heterocycles. The van der Waals surface area contributed by atoms with Crippen LogP contribution in [0.3, 0.4) is 0 Å². The van der Waals surface area contributed by atoms with E-state index in [0.717, 1.165) is 18.5 Å². The average Bonchev–Trinajstić information content (AvgIpc) is 2.88. The Morgan fingerprint density at radius 1 is 1.47 bits per heavy atom. The Morgan fingerprint density at radius 2 is 2.32 bits per heavy atom. The number of rotatable bonds is 6. The summed E-state index contributed by atoms with van der Waals surface area (Å²) in [5.74, 6) is -0.914. The molecule has 0 unspecified atom stereocenters. The SMILES string of the molecule is Cc1cccc(C(=O)O)c1NCCCn1ccnn1. The van der Waals surface area contributed by atoms with Crippen LogP contribution in [0.4, 0.5) is 5.69 Å². The van der Waals surface area contributed by atoms with Crippen LogP contribution < -0.4 is 5.32 Å². The molecule has 2 N–H and O–H groups in total. The third-order valence-corrected chi connectivity index (χ3v) is 2.84. The number of aromatic carboxylic acids is 1. The first-order valence-electron chi connectivity index (χ1n) is 6.09. The van der Waals surface area contributed by atoms with Gasteiger partial charge in [-0.3, -0.25) is 4.68 Å². The topological polar surface area (TPSA) is 80.0 Å².